The molecule has 6 nitrogen and oxygen atoms in total. The van der Waals surface area contributed by atoms with Crippen LogP contribution in [0.5, 0.6) is 0 Å². The molecule has 1 N–H and O–H groups in total. The number of hydrogen-bond donors (Lipinski definition) is 1. The van der Waals surface area contributed by atoms with Gasteiger partial charge >= 0.3 is 5.97 Å². The van der Waals surface area contributed by atoms with Gasteiger partial charge in [0.05, 0.1) is 13.2 Å². The second-order valence-corrected chi connectivity index (χ2v) is 3.65. The highest BCUT2D eigenvalue weighted by atomic mass is 16.5. The lowest BCUT2D eigenvalue weighted by atomic mass is 10.3. The molecule has 1 aliphatic heterocycles. The Morgan fingerprint density at radius 2 is 2.14 bits per heavy atom. The lowest BCUT2D eigenvalue weighted by Crippen LogP contribution is -2.00. The summed E-state index contributed by atoms with van der Waals surface area (Å²) in [6.07, 6.45) is 0. The van der Waals surface area contributed by atoms with Gasteiger partial charge < -0.3 is 14.4 Å². The Balaban J connectivity index is 1.82. The van der Waals surface area contributed by atoms with Crippen LogP contribution in [0.1, 0.15) is 22.4 Å². The van der Waals surface area contributed by atoms with E-state index < -0.39 is 5.97 Å². The van der Waals surface area contributed by atoms with Crippen molar-refractivity contribution in [3.8, 4) is 0 Å². The van der Waals surface area contributed by atoms with Gasteiger partial charge in [0.1, 0.15) is 0 Å². The van der Waals surface area contributed by atoms with E-state index in [0.717, 1.165) is 13.2 Å². The Kier molecular flexibility index (Phi) is 1.44. The van der Waals surface area contributed by atoms with Crippen molar-refractivity contribution in [1.29, 1.82) is 0 Å². The molecule has 0 amide bonds. The van der Waals surface area contributed by atoms with Gasteiger partial charge in [0.2, 0.25) is 5.89 Å². The van der Waals surface area contributed by atoms with Crippen LogP contribution < -0.4 is 0 Å². The fourth-order valence-corrected chi connectivity index (χ4v) is 2.06. The van der Waals surface area contributed by atoms with Crippen molar-refractivity contribution in [2.45, 2.75) is 5.92 Å². The van der Waals surface area contributed by atoms with E-state index in [9.17, 15) is 4.79 Å². The third kappa shape index (κ3) is 0.971. The molecule has 1 saturated heterocycles. The fraction of sp³-hybridized carbons (Fsp3) is 0.625. The maximum atomic E-state index is 10.5. The highest BCUT2D eigenvalue weighted by molar-refractivity contribution is 5.82. The summed E-state index contributed by atoms with van der Waals surface area (Å²) in [6.45, 7) is 1.44. The van der Waals surface area contributed by atoms with Gasteiger partial charge in [-0.1, -0.05) is 0 Å². The molecular weight excluding hydrogens is 188 g/mol. The third-order valence-electron chi connectivity index (χ3n) is 2.87. The molecule has 74 valence electrons. The van der Waals surface area contributed by atoms with E-state index in [1.165, 1.54) is 0 Å². The van der Waals surface area contributed by atoms with Crippen LogP contribution >= 0.6 is 0 Å². The molecular formula is C8H8N2O4. The minimum absolute atomic E-state index is 0.226. The zero-order valence-electron chi connectivity index (χ0n) is 7.21. The Morgan fingerprint density at radius 3 is 2.71 bits per heavy atom. The molecule has 14 heavy (non-hydrogen) atoms. The molecule has 3 rings (SSSR count). The van der Waals surface area contributed by atoms with Crippen LogP contribution in [0.2, 0.25) is 0 Å². The molecule has 1 aliphatic carbocycles. The van der Waals surface area contributed by atoms with Crippen molar-refractivity contribution in [2.24, 2.45) is 11.8 Å². The number of rotatable bonds is 2. The van der Waals surface area contributed by atoms with Crippen LogP contribution in [0.3, 0.4) is 0 Å². The molecule has 1 aromatic heterocycles. The number of carbonyl (C=O) groups is 1. The molecule has 1 saturated carbocycles. The lowest BCUT2D eigenvalue weighted by molar-refractivity contribution is 0.0680. The van der Waals surface area contributed by atoms with Crippen LogP contribution in [-0.2, 0) is 4.74 Å². The molecule has 2 atom stereocenters. The molecule has 2 fully saturated rings. The third-order valence-corrected chi connectivity index (χ3v) is 2.87. The van der Waals surface area contributed by atoms with E-state index in [4.69, 9.17) is 14.4 Å². The quantitative estimate of drug-likeness (QED) is 0.723. The van der Waals surface area contributed by atoms with Gasteiger partial charge in [-0.15, -0.1) is 0 Å². The van der Waals surface area contributed by atoms with Crippen LogP contribution in [0.25, 0.3) is 0 Å². The summed E-state index contributed by atoms with van der Waals surface area (Å²) in [4.78, 5) is 14.3. The van der Waals surface area contributed by atoms with Gasteiger partial charge in [0.15, 0.2) is 0 Å². The van der Waals surface area contributed by atoms with Crippen molar-refractivity contribution in [3.05, 3.63) is 11.7 Å². The minimum Gasteiger partial charge on any atom is -0.475 e. The van der Waals surface area contributed by atoms with Crippen LogP contribution in [0.4, 0.5) is 0 Å². The van der Waals surface area contributed by atoms with Crippen LogP contribution in [0, 0.1) is 11.8 Å². The smallest absolute Gasteiger partial charge is 0.377 e. The highest BCUT2D eigenvalue weighted by Crippen LogP contribution is 2.56. The molecule has 2 aliphatic rings. The van der Waals surface area contributed by atoms with E-state index in [1.54, 1.807) is 0 Å². The Labute approximate surface area is 78.9 Å². The minimum atomic E-state index is -1.15. The first-order valence-electron chi connectivity index (χ1n) is 4.42. The zero-order valence-corrected chi connectivity index (χ0v) is 7.21. The molecule has 6 heteroatoms. The van der Waals surface area contributed by atoms with Crippen LogP contribution in [0.15, 0.2) is 4.52 Å². The first kappa shape index (κ1) is 7.93. The molecule has 0 radical (unpaired) electrons. The molecule has 2 unspecified atom stereocenters. The van der Waals surface area contributed by atoms with Gasteiger partial charge in [-0.3, -0.25) is 0 Å². The number of fused-ring (bicyclic) bond motifs is 1. The van der Waals surface area contributed by atoms with Crippen molar-refractivity contribution < 1.29 is 19.2 Å². The number of hydrogen-bond acceptors (Lipinski definition) is 5. The summed E-state index contributed by atoms with van der Waals surface area (Å²) in [5, 5.41) is 12.0. The average molecular weight is 196 g/mol. The van der Waals surface area contributed by atoms with Crippen molar-refractivity contribution in [2.75, 3.05) is 13.2 Å². The number of ether oxygens (including phenoxy) is 1. The zero-order chi connectivity index (χ0) is 9.71. The van der Waals surface area contributed by atoms with E-state index in [2.05, 4.69) is 10.1 Å². The van der Waals surface area contributed by atoms with E-state index in [1.807, 2.05) is 0 Å². The van der Waals surface area contributed by atoms with E-state index in [0.29, 0.717) is 17.7 Å². The maximum Gasteiger partial charge on any atom is 0.377 e. The fourth-order valence-electron chi connectivity index (χ4n) is 2.06. The predicted molar refractivity (Wildman–Crippen MR) is 41.8 cm³/mol. The molecule has 0 aromatic carbocycles. The maximum absolute atomic E-state index is 10.5. The SMILES string of the molecule is O=C(O)c1noc(C2C3COCC32)n1. The summed E-state index contributed by atoms with van der Waals surface area (Å²) in [5.74, 6) is 0.173. The van der Waals surface area contributed by atoms with E-state index >= 15 is 0 Å². The first-order chi connectivity index (χ1) is 6.77. The molecule has 2 heterocycles. The van der Waals surface area contributed by atoms with Crippen molar-refractivity contribution in [1.82, 2.24) is 10.1 Å². The number of nitrogens with zero attached hydrogens (tertiary/aromatic N) is 2. The second-order valence-electron chi connectivity index (χ2n) is 3.65. The summed E-state index contributed by atoms with van der Waals surface area (Å²) in [7, 11) is 0. The number of carboxylic acid groups (broad SMARTS) is 1. The second kappa shape index (κ2) is 2.54. The summed E-state index contributed by atoms with van der Waals surface area (Å²) in [5.41, 5.74) is 0. The Morgan fingerprint density at radius 1 is 1.43 bits per heavy atom. The van der Waals surface area contributed by atoms with Crippen molar-refractivity contribution in [3.63, 3.8) is 0 Å². The van der Waals surface area contributed by atoms with E-state index in [-0.39, 0.29) is 11.7 Å². The highest BCUT2D eigenvalue weighted by Gasteiger charge is 2.57. The molecule has 0 spiro atoms. The summed E-state index contributed by atoms with van der Waals surface area (Å²) >= 11 is 0. The van der Waals surface area contributed by atoms with Gasteiger partial charge in [-0.25, -0.2) is 4.79 Å². The number of aromatic nitrogens is 2. The molecule has 1 aromatic rings. The lowest BCUT2D eigenvalue weighted by Gasteiger charge is -1.96. The van der Waals surface area contributed by atoms with Gasteiger partial charge in [-0.05, 0) is 17.0 Å². The first-order valence-corrected chi connectivity index (χ1v) is 4.42. The van der Waals surface area contributed by atoms with Gasteiger partial charge in [-0.2, -0.15) is 4.98 Å². The topological polar surface area (TPSA) is 85.5 Å². The summed E-state index contributed by atoms with van der Waals surface area (Å²) < 4.78 is 10.1. The Bertz CT molecular complexity index is 378. The molecule has 0 bridgehead atoms. The Hall–Kier alpha value is -1.43. The summed E-state index contributed by atoms with van der Waals surface area (Å²) in [6, 6.07) is 0. The largest absolute Gasteiger partial charge is 0.475 e. The van der Waals surface area contributed by atoms with Gasteiger partial charge in [0, 0.05) is 5.92 Å². The standard InChI is InChI=1S/C8H8N2O4/c11-8(12)6-9-7(14-10-6)5-3-1-13-2-4(3)5/h3-5H,1-2H2,(H,11,12). The average Bonchev–Trinajstić information content (AvgIpc) is 2.63. The predicted octanol–water partition coefficient (Wildman–Crippen LogP) is 0.128. The normalized spacial score (nSPS) is 34.1. The monoisotopic (exact) mass is 196 g/mol. The number of carboxylic acids is 1. The van der Waals surface area contributed by atoms with Gasteiger partial charge in [0.25, 0.3) is 5.82 Å². The number of aromatic carboxylic acids is 1. The van der Waals surface area contributed by atoms with Crippen LogP contribution in [-0.4, -0.2) is 34.4 Å². The van der Waals surface area contributed by atoms with Crippen molar-refractivity contribution >= 4 is 5.97 Å².